The first-order valence-electron chi connectivity index (χ1n) is 8.87. The van der Waals surface area contributed by atoms with Crippen molar-refractivity contribution < 1.29 is 22.7 Å². The number of aromatic nitrogens is 2. The summed E-state index contributed by atoms with van der Waals surface area (Å²) in [7, 11) is 0. The summed E-state index contributed by atoms with van der Waals surface area (Å²) in [5.41, 5.74) is -1.77. The number of rotatable bonds is 2. The highest BCUT2D eigenvalue weighted by Gasteiger charge is 2.38. The fourth-order valence-corrected chi connectivity index (χ4v) is 4.03. The van der Waals surface area contributed by atoms with Gasteiger partial charge in [-0.25, -0.2) is 4.79 Å². The summed E-state index contributed by atoms with van der Waals surface area (Å²) in [5.74, 6) is 0.307. The van der Waals surface area contributed by atoms with Crippen molar-refractivity contribution in [3.05, 3.63) is 28.2 Å². The Morgan fingerprint density at radius 1 is 1.17 bits per heavy atom. The molecule has 0 radical (unpaired) electrons. The molecule has 1 amide bonds. The molecule has 0 aliphatic carbocycles. The Morgan fingerprint density at radius 3 is 2.34 bits per heavy atom. The van der Waals surface area contributed by atoms with Gasteiger partial charge in [0.1, 0.15) is 5.60 Å². The van der Waals surface area contributed by atoms with Crippen LogP contribution in [0.2, 0.25) is 5.02 Å². The van der Waals surface area contributed by atoms with Crippen LogP contribution in [-0.2, 0) is 10.9 Å². The highest BCUT2D eigenvalue weighted by molar-refractivity contribution is 7.14. The molecule has 2 aromatic heterocycles. The standard InChI is InChI=1S/C18H20ClF3N4O2S/c1-17(2,3)28-16(27)26-7-5-25(6-8-26)13-10-11(14-12(19)4-9-29-14)15(24-23-13)18(20,21)22/h4,9-10H,5-8H2,1-3H3. The number of hydrogen-bond acceptors (Lipinski definition) is 6. The van der Waals surface area contributed by atoms with Crippen LogP contribution < -0.4 is 4.90 Å². The predicted molar refractivity (Wildman–Crippen MR) is 105 cm³/mol. The zero-order chi connectivity index (χ0) is 21.4. The van der Waals surface area contributed by atoms with Crippen LogP contribution in [0.3, 0.4) is 0 Å². The molecule has 3 rings (SSSR count). The Balaban J connectivity index is 1.81. The summed E-state index contributed by atoms with van der Waals surface area (Å²) in [6.07, 6.45) is -5.06. The highest BCUT2D eigenvalue weighted by atomic mass is 35.5. The molecule has 0 atom stereocenters. The molecule has 158 valence electrons. The van der Waals surface area contributed by atoms with Crippen LogP contribution in [0.1, 0.15) is 26.5 Å². The van der Waals surface area contributed by atoms with E-state index in [2.05, 4.69) is 10.2 Å². The normalized spacial score (nSPS) is 15.6. The molecule has 0 bridgehead atoms. The molecule has 0 N–H and O–H groups in total. The zero-order valence-corrected chi connectivity index (χ0v) is 17.7. The molecular formula is C18H20ClF3N4O2S. The second-order valence-electron chi connectivity index (χ2n) is 7.51. The van der Waals surface area contributed by atoms with E-state index in [0.717, 1.165) is 11.3 Å². The van der Waals surface area contributed by atoms with E-state index in [0.29, 0.717) is 36.9 Å². The molecule has 0 unspecified atom stereocenters. The van der Waals surface area contributed by atoms with E-state index in [9.17, 15) is 18.0 Å². The number of carbonyl (C=O) groups excluding carboxylic acids is 1. The summed E-state index contributed by atoms with van der Waals surface area (Å²) in [6, 6.07) is 2.90. The number of halogens is 4. The largest absolute Gasteiger partial charge is 0.444 e. The summed E-state index contributed by atoms with van der Waals surface area (Å²) >= 11 is 7.17. The van der Waals surface area contributed by atoms with Gasteiger partial charge < -0.3 is 14.5 Å². The molecule has 0 spiro atoms. The van der Waals surface area contributed by atoms with E-state index >= 15 is 0 Å². The second-order valence-corrected chi connectivity index (χ2v) is 8.84. The van der Waals surface area contributed by atoms with Gasteiger partial charge in [0, 0.05) is 31.7 Å². The number of thiophene rings is 1. The van der Waals surface area contributed by atoms with Gasteiger partial charge in [-0.1, -0.05) is 11.6 Å². The maximum absolute atomic E-state index is 13.4. The molecule has 2 aromatic rings. The number of ether oxygens (including phenoxy) is 1. The average molecular weight is 449 g/mol. The molecule has 3 heterocycles. The number of alkyl halides is 3. The maximum atomic E-state index is 13.4. The molecule has 11 heteroatoms. The summed E-state index contributed by atoms with van der Waals surface area (Å²) < 4.78 is 45.6. The lowest BCUT2D eigenvalue weighted by Crippen LogP contribution is -2.50. The lowest BCUT2D eigenvalue weighted by molar-refractivity contribution is -0.141. The first-order chi connectivity index (χ1) is 13.5. The van der Waals surface area contributed by atoms with Crippen molar-refractivity contribution in [1.29, 1.82) is 0 Å². The van der Waals surface area contributed by atoms with Crippen LogP contribution in [0.5, 0.6) is 0 Å². The third kappa shape index (κ3) is 5.11. The molecule has 1 saturated heterocycles. The lowest BCUT2D eigenvalue weighted by Gasteiger charge is -2.36. The van der Waals surface area contributed by atoms with Crippen LogP contribution in [0.4, 0.5) is 23.8 Å². The van der Waals surface area contributed by atoms with Gasteiger partial charge in [0.15, 0.2) is 11.5 Å². The Labute approximate surface area is 175 Å². The SMILES string of the molecule is CC(C)(C)OC(=O)N1CCN(c2cc(-c3sccc3Cl)c(C(F)(F)F)nn2)CC1. The fourth-order valence-electron chi connectivity index (χ4n) is 2.85. The van der Waals surface area contributed by atoms with Crippen molar-refractivity contribution >= 4 is 34.8 Å². The fraction of sp³-hybridized carbons (Fsp3) is 0.500. The highest BCUT2D eigenvalue weighted by Crippen LogP contribution is 2.41. The quantitative estimate of drug-likeness (QED) is 0.651. The van der Waals surface area contributed by atoms with Crippen molar-refractivity contribution in [3.63, 3.8) is 0 Å². The minimum Gasteiger partial charge on any atom is -0.444 e. The molecule has 6 nitrogen and oxygen atoms in total. The number of hydrogen-bond donors (Lipinski definition) is 0. The summed E-state index contributed by atoms with van der Waals surface area (Å²) in [5, 5.41) is 9.09. The Hall–Kier alpha value is -2.07. The Kier molecular flexibility index (Phi) is 5.96. The minimum absolute atomic E-state index is 0.0999. The molecule has 29 heavy (non-hydrogen) atoms. The van der Waals surface area contributed by atoms with Gasteiger partial charge in [-0.05, 0) is 38.3 Å². The first kappa shape index (κ1) is 21.6. The van der Waals surface area contributed by atoms with Crippen LogP contribution >= 0.6 is 22.9 Å². The van der Waals surface area contributed by atoms with Crippen molar-refractivity contribution in [2.75, 3.05) is 31.1 Å². The van der Waals surface area contributed by atoms with Crippen LogP contribution in [0.15, 0.2) is 17.5 Å². The maximum Gasteiger partial charge on any atom is 0.435 e. The third-order valence-electron chi connectivity index (χ3n) is 4.17. The van der Waals surface area contributed by atoms with Gasteiger partial charge in [-0.2, -0.15) is 13.2 Å². The molecule has 0 saturated carbocycles. The summed E-state index contributed by atoms with van der Waals surface area (Å²) in [4.78, 5) is 15.8. The molecule has 1 aliphatic rings. The number of piperazine rings is 1. The molecule has 1 fully saturated rings. The third-order valence-corrected chi connectivity index (χ3v) is 5.54. The van der Waals surface area contributed by atoms with E-state index in [4.69, 9.17) is 16.3 Å². The monoisotopic (exact) mass is 448 g/mol. The van der Waals surface area contributed by atoms with E-state index in [1.165, 1.54) is 6.07 Å². The van der Waals surface area contributed by atoms with Crippen molar-refractivity contribution in [2.45, 2.75) is 32.5 Å². The van der Waals surface area contributed by atoms with Crippen molar-refractivity contribution in [3.8, 4) is 10.4 Å². The van der Waals surface area contributed by atoms with E-state index < -0.39 is 23.6 Å². The van der Waals surface area contributed by atoms with Gasteiger partial charge in [0.25, 0.3) is 0 Å². The van der Waals surface area contributed by atoms with Gasteiger partial charge in [-0.3, -0.25) is 0 Å². The van der Waals surface area contributed by atoms with E-state index in [1.54, 1.807) is 42.0 Å². The van der Waals surface area contributed by atoms with Crippen LogP contribution in [0.25, 0.3) is 10.4 Å². The topological polar surface area (TPSA) is 58.6 Å². The van der Waals surface area contributed by atoms with Crippen LogP contribution in [0, 0.1) is 0 Å². The Bertz CT molecular complexity index is 890. The first-order valence-corrected chi connectivity index (χ1v) is 10.1. The van der Waals surface area contributed by atoms with E-state index in [1.807, 2.05) is 0 Å². The lowest BCUT2D eigenvalue weighted by atomic mass is 10.1. The smallest absolute Gasteiger partial charge is 0.435 e. The van der Waals surface area contributed by atoms with Crippen molar-refractivity contribution in [1.82, 2.24) is 15.1 Å². The van der Waals surface area contributed by atoms with Gasteiger partial charge >= 0.3 is 12.3 Å². The predicted octanol–water partition coefficient (Wildman–Crippen LogP) is 4.93. The number of anilines is 1. The molecule has 0 aromatic carbocycles. The second kappa shape index (κ2) is 7.98. The Morgan fingerprint density at radius 2 is 1.83 bits per heavy atom. The average Bonchev–Trinajstić information content (AvgIpc) is 3.05. The minimum atomic E-state index is -4.65. The van der Waals surface area contributed by atoms with Gasteiger partial charge in [0.2, 0.25) is 0 Å². The van der Waals surface area contributed by atoms with Crippen molar-refractivity contribution in [2.24, 2.45) is 0 Å². The number of amides is 1. The van der Waals surface area contributed by atoms with Gasteiger partial charge in [-0.15, -0.1) is 21.5 Å². The molecular weight excluding hydrogens is 429 g/mol. The molecule has 1 aliphatic heterocycles. The zero-order valence-electron chi connectivity index (χ0n) is 16.1. The van der Waals surface area contributed by atoms with E-state index in [-0.39, 0.29) is 10.6 Å². The van der Waals surface area contributed by atoms with Gasteiger partial charge in [0.05, 0.1) is 9.90 Å². The number of nitrogens with zero attached hydrogens (tertiary/aromatic N) is 4. The number of carbonyl (C=O) groups is 1. The van der Waals surface area contributed by atoms with Crippen LogP contribution in [-0.4, -0.2) is 53.0 Å². The summed E-state index contributed by atoms with van der Waals surface area (Å²) in [6.45, 7) is 6.90.